The summed E-state index contributed by atoms with van der Waals surface area (Å²) < 4.78 is 5.38. The Kier molecular flexibility index (Phi) is 5.29. The lowest BCUT2D eigenvalue weighted by atomic mass is 9.94. The highest BCUT2D eigenvalue weighted by Crippen LogP contribution is 2.32. The molecule has 0 radical (unpaired) electrons. The molecule has 1 aromatic heterocycles. The van der Waals surface area contributed by atoms with Crippen molar-refractivity contribution in [3.63, 3.8) is 0 Å². The molecule has 2 aliphatic rings. The van der Waals surface area contributed by atoms with Crippen molar-refractivity contribution in [1.82, 2.24) is 20.8 Å². The van der Waals surface area contributed by atoms with Crippen LogP contribution >= 0.6 is 0 Å². The number of nitrogens with zero attached hydrogens (tertiary/aromatic N) is 2. The Hall–Kier alpha value is -2.21. The van der Waals surface area contributed by atoms with Crippen LogP contribution in [0.2, 0.25) is 0 Å². The molecule has 2 aromatic rings. The summed E-state index contributed by atoms with van der Waals surface area (Å²) in [7, 11) is 0. The lowest BCUT2D eigenvalue weighted by Gasteiger charge is -2.12. The van der Waals surface area contributed by atoms with Gasteiger partial charge in [0.25, 0.3) is 5.91 Å². The molecule has 1 saturated carbocycles. The molecule has 6 heteroatoms. The summed E-state index contributed by atoms with van der Waals surface area (Å²) in [6.07, 6.45) is 6.81. The van der Waals surface area contributed by atoms with Gasteiger partial charge in [0, 0.05) is 11.5 Å². The molecule has 6 nitrogen and oxygen atoms in total. The van der Waals surface area contributed by atoms with Gasteiger partial charge in [0.2, 0.25) is 5.89 Å². The maximum Gasteiger partial charge on any atom is 0.251 e. The van der Waals surface area contributed by atoms with Crippen molar-refractivity contribution < 1.29 is 9.32 Å². The summed E-state index contributed by atoms with van der Waals surface area (Å²) in [5.41, 5.74) is 1.86. The van der Waals surface area contributed by atoms with Gasteiger partial charge in [0.05, 0.1) is 6.54 Å². The molecule has 2 fully saturated rings. The van der Waals surface area contributed by atoms with Gasteiger partial charge >= 0.3 is 0 Å². The zero-order valence-corrected chi connectivity index (χ0v) is 15.0. The van der Waals surface area contributed by atoms with E-state index in [0.29, 0.717) is 24.2 Å². The first-order chi connectivity index (χ1) is 12.8. The average Bonchev–Trinajstić information content (AvgIpc) is 3.41. The summed E-state index contributed by atoms with van der Waals surface area (Å²) >= 11 is 0. The normalized spacial score (nSPS) is 20.5. The Morgan fingerprint density at radius 3 is 2.88 bits per heavy atom. The van der Waals surface area contributed by atoms with Crippen molar-refractivity contribution in [1.29, 1.82) is 0 Å². The quantitative estimate of drug-likeness (QED) is 0.834. The van der Waals surface area contributed by atoms with Crippen molar-refractivity contribution in [3.05, 3.63) is 47.1 Å². The van der Waals surface area contributed by atoms with E-state index in [9.17, 15) is 4.79 Å². The summed E-state index contributed by atoms with van der Waals surface area (Å²) in [4.78, 5) is 17.1. The van der Waals surface area contributed by atoms with E-state index < -0.39 is 0 Å². The maximum atomic E-state index is 12.7. The second-order valence-corrected chi connectivity index (χ2v) is 7.43. The van der Waals surface area contributed by atoms with Gasteiger partial charge in [-0.05, 0) is 56.3 Å². The van der Waals surface area contributed by atoms with E-state index in [2.05, 4.69) is 26.8 Å². The van der Waals surface area contributed by atoms with Crippen LogP contribution in [0.15, 0.2) is 28.8 Å². The molecule has 4 rings (SSSR count). The van der Waals surface area contributed by atoms with E-state index in [0.717, 1.165) is 49.4 Å². The minimum Gasteiger partial charge on any atom is -0.345 e. The van der Waals surface area contributed by atoms with Crippen LogP contribution in [0.25, 0.3) is 0 Å². The second kappa shape index (κ2) is 7.99. The molecular formula is C20H26N4O2. The molecule has 1 aliphatic heterocycles. The summed E-state index contributed by atoms with van der Waals surface area (Å²) in [5, 5.41) is 10.4. The average molecular weight is 354 g/mol. The van der Waals surface area contributed by atoms with Crippen molar-refractivity contribution in [3.8, 4) is 0 Å². The van der Waals surface area contributed by atoms with E-state index >= 15 is 0 Å². The van der Waals surface area contributed by atoms with E-state index in [1.165, 1.54) is 19.3 Å². The number of aromatic nitrogens is 2. The third kappa shape index (κ3) is 3.96. The zero-order valence-electron chi connectivity index (χ0n) is 15.0. The Morgan fingerprint density at radius 1 is 1.23 bits per heavy atom. The van der Waals surface area contributed by atoms with Crippen molar-refractivity contribution >= 4 is 5.91 Å². The van der Waals surface area contributed by atoms with Gasteiger partial charge in [-0.2, -0.15) is 4.98 Å². The topological polar surface area (TPSA) is 80.1 Å². The molecule has 26 heavy (non-hydrogen) atoms. The van der Waals surface area contributed by atoms with Gasteiger partial charge in [0.1, 0.15) is 0 Å². The fourth-order valence-electron chi connectivity index (χ4n) is 4.05. The van der Waals surface area contributed by atoms with E-state index in [1.54, 1.807) is 0 Å². The van der Waals surface area contributed by atoms with Crippen LogP contribution in [0.1, 0.15) is 65.7 Å². The first-order valence-corrected chi connectivity index (χ1v) is 9.69. The smallest absolute Gasteiger partial charge is 0.251 e. The number of nitrogens with one attached hydrogen (secondary N) is 2. The zero-order chi connectivity index (χ0) is 17.8. The Labute approximate surface area is 153 Å². The van der Waals surface area contributed by atoms with Gasteiger partial charge in [0.15, 0.2) is 5.82 Å². The molecular weight excluding hydrogens is 328 g/mol. The molecule has 1 unspecified atom stereocenters. The monoisotopic (exact) mass is 354 g/mol. The number of hydrogen-bond donors (Lipinski definition) is 2. The molecule has 1 atom stereocenters. The number of benzene rings is 1. The van der Waals surface area contributed by atoms with Gasteiger partial charge in [-0.15, -0.1) is 0 Å². The van der Waals surface area contributed by atoms with Crippen LogP contribution < -0.4 is 10.6 Å². The second-order valence-electron chi connectivity index (χ2n) is 7.43. The predicted molar refractivity (Wildman–Crippen MR) is 97.8 cm³/mol. The number of carbonyl (C=O) groups excluding carboxylic acids is 1. The molecule has 138 valence electrons. The minimum atomic E-state index is -0.0706. The van der Waals surface area contributed by atoms with E-state index in [1.807, 2.05) is 18.2 Å². The molecule has 1 amide bonds. The third-order valence-corrected chi connectivity index (χ3v) is 5.53. The summed E-state index contributed by atoms with van der Waals surface area (Å²) in [6.45, 7) is 2.40. The standard InChI is InChI=1S/C20H26N4O2/c25-19(17-8-4-3-7-16(17)11-14-9-10-21-12-14)22-13-18-23-20(26-24-18)15-5-1-2-6-15/h3-4,7-8,14-15,21H,1-2,5-6,9-13H2,(H,22,25). The van der Waals surface area contributed by atoms with Gasteiger partial charge in [-0.25, -0.2) is 0 Å². The Bertz CT molecular complexity index is 746. The summed E-state index contributed by atoms with van der Waals surface area (Å²) in [6, 6.07) is 7.87. The molecule has 1 aliphatic carbocycles. The van der Waals surface area contributed by atoms with Crippen LogP contribution in [-0.2, 0) is 13.0 Å². The molecule has 1 aromatic carbocycles. The van der Waals surface area contributed by atoms with Crippen LogP contribution in [0, 0.1) is 5.92 Å². The Balaban J connectivity index is 1.37. The first-order valence-electron chi connectivity index (χ1n) is 9.69. The molecule has 0 bridgehead atoms. The van der Waals surface area contributed by atoms with Crippen LogP contribution in [0.4, 0.5) is 0 Å². The highest BCUT2D eigenvalue weighted by atomic mass is 16.5. The minimum absolute atomic E-state index is 0.0706. The highest BCUT2D eigenvalue weighted by Gasteiger charge is 2.23. The predicted octanol–water partition coefficient (Wildman–Crippen LogP) is 2.81. The van der Waals surface area contributed by atoms with Crippen molar-refractivity contribution in [2.24, 2.45) is 5.92 Å². The fraction of sp³-hybridized carbons (Fsp3) is 0.550. The van der Waals surface area contributed by atoms with Gasteiger partial charge in [-0.1, -0.05) is 36.2 Å². The van der Waals surface area contributed by atoms with Crippen LogP contribution in [-0.4, -0.2) is 29.1 Å². The lowest BCUT2D eigenvalue weighted by Crippen LogP contribution is -2.25. The van der Waals surface area contributed by atoms with Crippen molar-refractivity contribution in [2.45, 2.75) is 51.0 Å². The number of hydrogen-bond acceptors (Lipinski definition) is 5. The van der Waals surface area contributed by atoms with Crippen LogP contribution in [0.3, 0.4) is 0 Å². The van der Waals surface area contributed by atoms with Gasteiger partial charge < -0.3 is 15.2 Å². The van der Waals surface area contributed by atoms with E-state index in [-0.39, 0.29) is 5.91 Å². The lowest BCUT2D eigenvalue weighted by molar-refractivity contribution is 0.0948. The largest absolute Gasteiger partial charge is 0.345 e. The fourth-order valence-corrected chi connectivity index (χ4v) is 4.05. The highest BCUT2D eigenvalue weighted by molar-refractivity contribution is 5.95. The van der Waals surface area contributed by atoms with Crippen molar-refractivity contribution in [2.75, 3.05) is 13.1 Å². The molecule has 2 heterocycles. The molecule has 0 spiro atoms. The van der Waals surface area contributed by atoms with Crippen LogP contribution in [0.5, 0.6) is 0 Å². The summed E-state index contributed by atoms with van der Waals surface area (Å²) in [5.74, 6) is 2.21. The molecule has 1 saturated heterocycles. The van der Waals surface area contributed by atoms with E-state index in [4.69, 9.17) is 4.52 Å². The third-order valence-electron chi connectivity index (χ3n) is 5.53. The Morgan fingerprint density at radius 2 is 2.08 bits per heavy atom. The van der Waals surface area contributed by atoms with Gasteiger partial charge in [-0.3, -0.25) is 4.79 Å². The number of rotatable bonds is 6. The maximum absolute atomic E-state index is 12.7. The number of carbonyl (C=O) groups is 1. The first kappa shape index (κ1) is 17.2. The molecule has 2 N–H and O–H groups in total. The SMILES string of the molecule is O=C(NCc1noc(C2CCCC2)n1)c1ccccc1CC1CCNC1. The number of amides is 1.